The monoisotopic (exact) mass is 570 g/mol. The van der Waals surface area contributed by atoms with Crippen molar-refractivity contribution in [2.24, 2.45) is 0 Å². The average molecular weight is 571 g/mol. The molecule has 2 aromatic heterocycles. The van der Waals surface area contributed by atoms with E-state index in [1.54, 1.807) is 5.19 Å². The van der Waals surface area contributed by atoms with Crippen molar-refractivity contribution in [3.63, 3.8) is 0 Å². The molecule has 0 aliphatic rings. The summed E-state index contributed by atoms with van der Waals surface area (Å²) in [7, 11) is -3.31. The third-order valence-corrected chi connectivity index (χ3v) is 22.1. The van der Waals surface area contributed by atoms with Gasteiger partial charge in [-0.25, -0.2) is 0 Å². The number of benzene rings is 3. The van der Waals surface area contributed by atoms with Crippen molar-refractivity contribution in [2.75, 3.05) is 0 Å². The highest BCUT2D eigenvalue weighted by atomic mass is 32.1. The van der Waals surface area contributed by atoms with Crippen molar-refractivity contribution in [3.8, 4) is 11.5 Å². The van der Waals surface area contributed by atoms with Gasteiger partial charge >= 0.3 is 0 Å². The standard InChI is InChI=1S/C34H42S2Si2/c1-9-37(10-2,11-3)16-15-27-28-19-25-17-23(7)36-33(25)22-31(28)34(38(12-4,13-5)14-6)30-20-26-18-24(8)35-32(26)21-29(27)30/h17-22H,9-14H2,1-8H3. The van der Waals surface area contributed by atoms with Crippen molar-refractivity contribution < 1.29 is 0 Å². The van der Waals surface area contributed by atoms with Crippen molar-refractivity contribution in [1.82, 2.24) is 0 Å². The van der Waals surface area contributed by atoms with E-state index in [4.69, 9.17) is 0 Å². The minimum atomic E-state index is -1.72. The molecule has 4 heteroatoms. The van der Waals surface area contributed by atoms with E-state index >= 15 is 0 Å². The van der Waals surface area contributed by atoms with Gasteiger partial charge in [-0.15, -0.1) is 28.2 Å². The van der Waals surface area contributed by atoms with Gasteiger partial charge in [-0.3, -0.25) is 0 Å². The van der Waals surface area contributed by atoms with Crippen LogP contribution in [0, 0.1) is 25.3 Å². The molecule has 0 spiro atoms. The van der Waals surface area contributed by atoms with Crippen molar-refractivity contribution in [2.45, 2.75) is 91.7 Å². The lowest BCUT2D eigenvalue weighted by Gasteiger charge is -2.32. The largest absolute Gasteiger partial charge is 0.141 e. The summed E-state index contributed by atoms with van der Waals surface area (Å²) in [6.45, 7) is 19.0. The van der Waals surface area contributed by atoms with Crippen LogP contribution in [0.2, 0.25) is 36.3 Å². The van der Waals surface area contributed by atoms with E-state index < -0.39 is 16.1 Å². The van der Waals surface area contributed by atoms with Crippen LogP contribution in [-0.2, 0) is 0 Å². The molecule has 5 rings (SSSR count). The lowest BCUT2D eigenvalue weighted by Crippen LogP contribution is -2.46. The molecule has 0 bridgehead atoms. The van der Waals surface area contributed by atoms with Gasteiger partial charge in [0.25, 0.3) is 0 Å². The first kappa shape index (κ1) is 27.7. The third kappa shape index (κ3) is 4.40. The molecular weight excluding hydrogens is 529 g/mol. The Morgan fingerprint density at radius 2 is 1.03 bits per heavy atom. The summed E-state index contributed by atoms with van der Waals surface area (Å²) in [5, 5.41) is 10.3. The molecule has 0 nitrogen and oxygen atoms in total. The van der Waals surface area contributed by atoms with Gasteiger partial charge in [0.1, 0.15) is 8.07 Å². The maximum absolute atomic E-state index is 4.00. The fourth-order valence-corrected chi connectivity index (χ4v) is 15.2. The summed E-state index contributed by atoms with van der Waals surface area (Å²) in [6.07, 6.45) is 0. The van der Waals surface area contributed by atoms with Crippen LogP contribution in [0.25, 0.3) is 41.7 Å². The van der Waals surface area contributed by atoms with Crippen LogP contribution in [-0.4, -0.2) is 16.1 Å². The Morgan fingerprint density at radius 1 is 0.579 bits per heavy atom. The lowest BCUT2D eigenvalue weighted by atomic mass is 9.95. The van der Waals surface area contributed by atoms with E-state index in [0.717, 1.165) is 0 Å². The Balaban J connectivity index is 2.05. The van der Waals surface area contributed by atoms with Gasteiger partial charge in [0.2, 0.25) is 0 Å². The first-order chi connectivity index (χ1) is 18.3. The third-order valence-electron chi connectivity index (χ3n) is 9.68. The topological polar surface area (TPSA) is 0 Å². The average Bonchev–Trinajstić information content (AvgIpc) is 3.48. The highest BCUT2D eigenvalue weighted by molar-refractivity contribution is 7.19. The molecule has 0 radical (unpaired) electrons. The molecule has 3 aromatic carbocycles. The second-order valence-corrected chi connectivity index (χ2v) is 24.0. The van der Waals surface area contributed by atoms with Gasteiger partial charge < -0.3 is 0 Å². The first-order valence-corrected chi connectivity index (χ1v) is 21.5. The van der Waals surface area contributed by atoms with Crippen molar-refractivity contribution in [1.29, 1.82) is 0 Å². The van der Waals surface area contributed by atoms with Crippen LogP contribution >= 0.6 is 22.7 Å². The maximum Gasteiger partial charge on any atom is 0.138 e. The van der Waals surface area contributed by atoms with E-state index in [0.29, 0.717) is 0 Å². The summed E-state index contributed by atoms with van der Waals surface area (Å²) < 4.78 is 2.82. The van der Waals surface area contributed by atoms with Gasteiger partial charge in [0.05, 0.1) is 8.07 Å². The summed E-state index contributed by atoms with van der Waals surface area (Å²) in [4.78, 5) is 2.79. The number of rotatable bonds is 7. The van der Waals surface area contributed by atoms with E-state index in [-0.39, 0.29) is 0 Å². The molecule has 5 aromatic rings. The number of hydrogen-bond acceptors (Lipinski definition) is 2. The molecule has 2 heterocycles. The quantitative estimate of drug-likeness (QED) is 0.104. The van der Waals surface area contributed by atoms with Gasteiger partial charge in [-0.1, -0.05) is 65.6 Å². The molecule has 0 aliphatic carbocycles. The molecule has 198 valence electrons. The van der Waals surface area contributed by atoms with E-state index in [1.165, 1.54) is 93.3 Å². The number of aryl methyl sites for hydroxylation is 2. The lowest BCUT2D eigenvalue weighted by molar-refractivity contribution is 1.20. The number of hydrogen-bond donors (Lipinski definition) is 0. The van der Waals surface area contributed by atoms with Crippen molar-refractivity contribution >= 4 is 85.7 Å². The zero-order valence-electron chi connectivity index (χ0n) is 24.5. The number of fused-ring (bicyclic) bond motifs is 4. The van der Waals surface area contributed by atoms with E-state index in [2.05, 4.69) is 103 Å². The fourth-order valence-electron chi connectivity index (χ4n) is 6.75. The molecular formula is C34H42S2Si2. The second kappa shape index (κ2) is 10.6. The van der Waals surface area contributed by atoms with Crippen LogP contribution in [0.15, 0.2) is 36.4 Å². The molecule has 38 heavy (non-hydrogen) atoms. The summed E-state index contributed by atoms with van der Waals surface area (Å²) in [6, 6.07) is 22.4. The highest BCUT2D eigenvalue weighted by Gasteiger charge is 2.34. The summed E-state index contributed by atoms with van der Waals surface area (Å²) in [5.41, 5.74) is 5.28. The minimum absolute atomic E-state index is 1.24. The van der Waals surface area contributed by atoms with Crippen LogP contribution in [0.1, 0.15) is 56.9 Å². The van der Waals surface area contributed by atoms with Gasteiger partial charge in [0, 0.05) is 24.7 Å². The predicted molar refractivity (Wildman–Crippen MR) is 183 cm³/mol. The molecule has 0 amide bonds. The Hall–Kier alpha value is -1.91. The zero-order chi connectivity index (χ0) is 27.2. The minimum Gasteiger partial charge on any atom is -0.141 e. The first-order valence-electron chi connectivity index (χ1n) is 14.6. The van der Waals surface area contributed by atoms with Crippen molar-refractivity contribution in [3.05, 3.63) is 51.7 Å². The zero-order valence-corrected chi connectivity index (χ0v) is 28.2. The smallest absolute Gasteiger partial charge is 0.138 e. The van der Waals surface area contributed by atoms with Gasteiger partial charge in [-0.2, -0.15) is 0 Å². The molecule has 0 saturated carbocycles. The highest BCUT2D eigenvalue weighted by Crippen LogP contribution is 2.39. The molecule has 0 saturated heterocycles. The van der Waals surface area contributed by atoms with E-state index in [1.807, 2.05) is 22.7 Å². The van der Waals surface area contributed by atoms with E-state index in [9.17, 15) is 0 Å². The number of thiophene rings is 2. The maximum atomic E-state index is 4.00. The summed E-state index contributed by atoms with van der Waals surface area (Å²) in [5.74, 6) is 3.94. The Morgan fingerprint density at radius 3 is 1.53 bits per heavy atom. The molecule has 0 unspecified atom stereocenters. The molecule has 0 N–H and O–H groups in total. The van der Waals surface area contributed by atoms with Gasteiger partial charge in [0.15, 0.2) is 0 Å². The molecule has 0 aliphatic heterocycles. The molecule has 0 atom stereocenters. The fraction of sp³-hybridized carbons (Fsp3) is 0.412. The Kier molecular flexibility index (Phi) is 7.70. The van der Waals surface area contributed by atoms with Crippen LogP contribution in [0.4, 0.5) is 0 Å². The normalized spacial score (nSPS) is 12.6. The van der Waals surface area contributed by atoms with Crippen LogP contribution in [0.3, 0.4) is 0 Å². The Bertz CT molecular complexity index is 1600. The molecule has 0 fully saturated rings. The Labute approximate surface area is 239 Å². The predicted octanol–water partition coefficient (Wildman–Crippen LogP) is 11.2. The van der Waals surface area contributed by atoms with Gasteiger partial charge in [-0.05, 0) is 106 Å². The summed E-state index contributed by atoms with van der Waals surface area (Å²) >= 11 is 3.87. The van der Waals surface area contributed by atoms with Crippen LogP contribution < -0.4 is 5.19 Å². The second-order valence-electron chi connectivity index (χ2n) is 11.3. The van der Waals surface area contributed by atoms with Crippen LogP contribution in [0.5, 0.6) is 0 Å². The SMILES string of the molecule is CC[Si](C#Cc1c2cc3sc(C)cc3cc2c([Si](CC)(CC)CC)c2cc3sc(C)cc3cc12)(CC)CC.